The van der Waals surface area contributed by atoms with Crippen LogP contribution in [0.1, 0.15) is 57.5 Å². The number of aromatic nitrogens is 1. The predicted molar refractivity (Wildman–Crippen MR) is 141 cm³/mol. The molecule has 0 saturated heterocycles. The lowest BCUT2D eigenvalue weighted by atomic mass is 9.95. The Morgan fingerprint density at radius 1 is 1.19 bits per heavy atom. The molecule has 0 unspecified atom stereocenters. The van der Waals surface area contributed by atoms with Crippen molar-refractivity contribution in [3.05, 3.63) is 62.8 Å². The maximum atomic E-state index is 13.2. The van der Waals surface area contributed by atoms with Crippen molar-refractivity contribution in [1.29, 1.82) is 5.26 Å². The Morgan fingerprint density at radius 3 is 2.76 bits per heavy atom. The summed E-state index contributed by atoms with van der Waals surface area (Å²) in [5.41, 5.74) is 4.79. The molecule has 2 aromatic heterocycles. The predicted octanol–water partition coefficient (Wildman–Crippen LogP) is 5.49. The quantitative estimate of drug-likeness (QED) is 0.264. The molecule has 0 radical (unpaired) electrons. The first-order valence-corrected chi connectivity index (χ1v) is 13.1. The maximum Gasteiger partial charge on any atom is 0.341 e. The van der Waals surface area contributed by atoms with Gasteiger partial charge >= 0.3 is 5.97 Å². The number of hydrogen-bond acceptors (Lipinski definition) is 7. The first-order valence-electron chi connectivity index (χ1n) is 12.2. The molecular weight excluding hydrogens is 490 g/mol. The fourth-order valence-electron chi connectivity index (χ4n) is 4.90. The van der Waals surface area contributed by atoms with Crippen LogP contribution in [-0.2, 0) is 22.4 Å². The number of carbonyl (C=O) groups excluding carboxylic acids is 2. The molecule has 9 heteroatoms. The summed E-state index contributed by atoms with van der Waals surface area (Å²) in [4.78, 5) is 27.0. The SMILES string of the molecule is CCOC(=O)c1c(NC(=O)C(C#N)=Cc2cc(C)n(-c3ccc4c(c3)OCO4)c2C)sc2c1CCCC2. The zero-order valence-corrected chi connectivity index (χ0v) is 21.8. The molecule has 1 amide bonds. The highest BCUT2D eigenvalue weighted by atomic mass is 32.1. The van der Waals surface area contributed by atoms with Gasteiger partial charge < -0.3 is 24.1 Å². The lowest BCUT2D eigenvalue weighted by Crippen LogP contribution is -2.16. The van der Waals surface area contributed by atoms with E-state index in [9.17, 15) is 14.9 Å². The highest BCUT2D eigenvalue weighted by molar-refractivity contribution is 7.17. The van der Waals surface area contributed by atoms with Crippen LogP contribution in [0.3, 0.4) is 0 Å². The molecule has 1 aliphatic heterocycles. The Morgan fingerprint density at radius 2 is 1.97 bits per heavy atom. The van der Waals surface area contributed by atoms with E-state index in [2.05, 4.69) is 5.32 Å². The van der Waals surface area contributed by atoms with Crippen LogP contribution in [0.4, 0.5) is 5.00 Å². The maximum absolute atomic E-state index is 13.2. The van der Waals surface area contributed by atoms with Crippen LogP contribution in [0.5, 0.6) is 11.5 Å². The number of rotatable bonds is 6. The van der Waals surface area contributed by atoms with Crippen molar-refractivity contribution in [1.82, 2.24) is 4.57 Å². The summed E-state index contributed by atoms with van der Waals surface area (Å²) in [7, 11) is 0. The van der Waals surface area contributed by atoms with E-state index in [1.807, 2.05) is 48.7 Å². The van der Waals surface area contributed by atoms with Crippen molar-refractivity contribution in [3.8, 4) is 23.3 Å². The topological polar surface area (TPSA) is 103 Å². The van der Waals surface area contributed by atoms with E-state index >= 15 is 0 Å². The first kappa shape index (κ1) is 24.7. The van der Waals surface area contributed by atoms with Crippen LogP contribution in [0.2, 0.25) is 0 Å². The van der Waals surface area contributed by atoms with Crippen molar-refractivity contribution in [3.63, 3.8) is 0 Å². The summed E-state index contributed by atoms with van der Waals surface area (Å²) >= 11 is 1.40. The van der Waals surface area contributed by atoms with E-state index < -0.39 is 11.9 Å². The number of ether oxygens (including phenoxy) is 3. The number of benzene rings is 1. The second-order valence-corrected chi connectivity index (χ2v) is 10.1. The Kier molecular flexibility index (Phi) is 6.76. The summed E-state index contributed by atoms with van der Waals surface area (Å²) in [5, 5.41) is 13.1. The smallest absolute Gasteiger partial charge is 0.341 e. The number of nitrogens with zero attached hydrogens (tertiary/aromatic N) is 2. The van der Waals surface area contributed by atoms with Gasteiger partial charge in [0.1, 0.15) is 16.6 Å². The van der Waals surface area contributed by atoms with Crippen LogP contribution in [0.15, 0.2) is 29.8 Å². The van der Waals surface area contributed by atoms with E-state index in [1.54, 1.807) is 13.0 Å². The molecule has 3 aromatic rings. The summed E-state index contributed by atoms with van der Waals surface area (Å²) in [5.74, 6) is 0.383. The Labute approximate surface area is 219 Å². The van der Waals surface area contributed by atoms with Crippen molar-refractivity contribution in [2.45, 2.75) is 46.5 Å². The van der Waals surface area contributed by atoms with Crippen LogP contribution < -0.4 is 14.8 Å². The third-order valence-corrected chi connectivity index (χ3v) is 7.83. The van der Waals surface area contributed by atoms with Crippen molar-refractivity contribution in [2.75, 3.05) is 18.7 Å². The van der Waals surface area contributed by atoms with E-state index in [1.165, 1.54) is 11.3 Å². The van der Waals surface area contributed by atoms with Gasteiger partial charge in [0.05, 0.1) is 12.2 Å². The second-order valence-electron chi connectivity index (χ2n) is 8.96. The molecule has 1 aliphatic carbocycles. The molecule has 0 atom stereocenters. The largest absolute Gasteiger partial charge is 0.462 e. The normalized spacial score (nSPS) is 14.2. The molecule has 0 saturated carbocycles. The summed E-state index contributed by atoms with van der Waals surface area (Å²) in [6.07, 6.45) is 5.27. The average molecular weight is 518 g/mol. The number of amides is 1. The molecule has 3 heterocycles. The average Bonchev–Trinajstić information content (AvgIpc) is 3.57. The zero-order valence-electron chi connectivity index (χ0n) is 21.0. The standard InChI is InChI=1S/C28H27N3O5S/c1-4-34-28(33)25-21-7-5-6-8-24(21)37-27(25)30-26(32)19(14-29)12-18-11-16(2)31(17(18)3)20-9-10-22-23(13-20)36-15-35-22/h9-13H,4-8,15H2,1-3H3,(H,30,32). The fraction of sp³-hybridized carbons (Fsp3) is 0.321. The number of esters is 1. The molecule has 2 aliphatic rings. The van der Waals surface area contributed by atoms with Gasteiger partial charge in [0.2, 0.25) is 6.79 Å². The Balaban J connectivity index is 1.45. The van der Waals surface area contributed by atoms with E-state index in [-0.39, 0.29) is 19.0 Å². The molecule has 0 bridgehead atoms. The van der Waals surface area contributed by atoms with E-state index in [0.29, 0.717) is 22.1 Å². The molecule has 8 nitrogen and oxygen atoms in total. The summed E-state index contributed by atoms with van der Waals surface area (Å²) in [6.45, 7) is 6.10. The van der Waals surface area contributed by atoms with Gasteiger partial charge in [-0.1, -0.05) is 0 Å². The third kappa shape index (κ3) is 4.60. The van der Waals surface area contributed by atoms with Gasteiger partial charge in [0, 0.05) is 28.0 Å². The van der Waals surface area contributed by atoms with Crippen molar-refractivity contribution in [2.24, 2.45) is 0 Å². The van der Waals surface area contributed by atoms with Gasteiger partial charge in [-0.05, 0) is 81.9 Å². The van der Waals surface area contributed by atoms with Gasteiger partial charge in [0.15, 0.2) is 11.5 Å². The lowest BCUT2D eigenvalue weighted by Gasteiger charge is -2.12. The minimum atomic E-state index is -0.556. The van der Waals surface area contributed by atoms with E-state index in [0.717, 1.165) is 58.8 Å². The van der Waals surface area contributed by atoms with E-state index in [4.69, 9.17) is 14.2 Å². The van der Waals surface area contributed by atoms with Crippen LogP contribution >= 0.6 is 11.3 Å². The molecular formula is C28H27N3O5S. The molecule has 37 heavy (non-hydrogen) atoms. The highest BCUT2D eigenvalue weighted by Crippen LogP contribution is 2.39. The third-order valence-electron chi connectivity index (χ3n) is 6.63. The summed E-state index contributed by atoms with van der Waals surface area (Å²) in [6, 6.07) is 9.66. The second kappa shape index (κ2) is 10.1. The minimum Gasteiger partial charge on any atom is -0.462 e. The van der Waals surface area contributed by atoms with Crippen molar-refractivity contribution < 1.29 is 23.8 Å². The minimum absolute atomic E-state index is 0.0490. The highest BCUT2D eigenvalue weighted by Gasteiger charge is 2.28. The van der Waals surface area contributed by atoms with Gasteiger partial charge in [0.25, 0.3) is 5.91 Å². The molecule has 5 rings (SSSR count). The Hall–Kier alpha value is -4.03. The zero-order chi connectivity index (χ0) is 26.1. The number of thiophene rings is 1. The van der Waals surface area contributed by atoms with Gasteiger partial charge in [-0.25, -0.2) is 4.79 Å². The molecule has 1 aromatic carbocycles. The summed E-state index contributed by atoms with van der Waals surface area (Å²) < 4.78 is 18.2. The van der Waals surface area contributed by atoms with Gasteiger partial charge in [-0.3, -0.25) is 4.79 Å². The van der Waals surface area contributed by atoms with Crippen molar-refractivity contribution >= 4 is 34.3 Å². The van der Waals surface area contributed by atoms with Gasteiger partial charge in [-0.15, -0.1) is 11.3 Å². The van der Waals surface area contributed by atoms with Crippen LogP contribution in [-0.4, -0.2) is 29.8 Å². The number of aryl methyl sites for hydroxylation is 2. The number of hydrogen-bond donors (Lipinski definition) is 1. The lowest BCUT2D eigenvalue weighted by molar-refractivity contribution is -0.112. The van der Waals surface area contributed by atoms with Crippen LogP contribution in [0.25, 0.3) is 11.8 Å². The Bertz CT molecular complexity index is 1470. The number of anilines is 1. The molecule has 190 valence electrons. The number of nitrogens with one attached hydrogen (secondary N) is 1. The monoisotopic (exact) mass is 517 g/mol. The van der Waals surface area contributed by atoms with Gasteiger partial charge in [-0.2, -0.15) is 5.26 Å². The number of fused-ring (bicyclic) bond motifs is 2. The molecule has 0 spiro atoms. The number of carbonyl (C=O) groups is 2. The molecule has 0 fully saturated rings. The van der Waals surface area contributed by atoms with Crippen LogP contribution in [0, 0.1) is 25.2 Å². The fourth-order valence-corrected chi connectivity index (χ4v) is 6.18. The first-order chi connectivity index (χ1) is 17.9. The number of nitriles is 1. The molecule has 1 N–H and O–H groups in total.